The zero-order valence-electron chi connectivity index (χ0n) is 11.7. The van der Waals surface area contributed by atoms with Gasteiger partial charge in [-0.25, -0.2) is 4.39 Å². The van der Waals surface area contributed by atoms with Crippen LogP contribution in [-0.4, -0.2) is 10.1 Å². The fourth-order valence-electron chi connectivity index (χ4n) is 2.15. The third-order valence-corrected chi connectivity index (χ3v) is 3.49. The molecule has 0 atom stereocenters. The Hall–Kier alpha value is -2.69. The lowest BCUT2D eigenvalue weighted by Crippen LogP contribution is -1.77. The molecule has 4 nitrogen and oxygen atoms in total. The summed E-state index contributed by atoms with van der Waals surface area (Å²) in [6.07, 6.45) is 0. The highest BCUT2D eigenvalue weighted by atomic mass is 19.1. The Morgan fingerprint density at radius 2 is 1.86 bits per heavy atom. The van der Waals surface area contributed by atoms with Crippen LogP contribution < -0.4 is 0 Å². The Balaban J connectivity index is 2.05. The van der Waals surface area contributed by atoms with Crippen molar-refractivity contribution >= 4 is 22.3 Å². The number of benzene rings is 2. The lowest BCUT2D eigenvalue weighted by molar-refractivity contribution is 0.459. The number of para-hydroxylation sites is 1. The third kappa shape index (κ3) is 2.38. The first-order chi connectivity index (χ1) is 10.1. The average molecular weight is 283 g/mol. The van der Waals surface area contributed by atoms with Gasteiger partial charge in [0, 0.05) is 5.39 Å². The molecule has 0 radical (unpaired) electrons. The zero-order valence-corrected chi connectivity index (χ0v) is 11.7. The Bertz CT molecular complexity index is 852. The molecule has 21 heavy (non-hydrogen) atoms. The smallest absolute Gasteiger partial charge is 0.218 e. The van der Waals surface area contributed by atoms with E-state index in [0.717, 1.165) is 5.56 Å². The molecule has 0 fully saturated rings. The number of hydrogen-bond donors (Lipinski definition) is 2. The largest absolute Gasteiger partial charge is 0.493 e. The highest BCUT2D eigenvalue weighted by Gasteiger charge is 2.13. The van der Waals surface area contributed by atoms with Gasteiger partial charge in [0.1, 0.15) is 5.82 Å². The van der Waals surface area contributed by atoms with Crippen LogP contribution in [0, 0.1) is 19.7 Å². The molecule has 0 aliphatic carbocycles. The van der Waals surface area contributed by atoms with Crippen LogP contribution in [-0.2, 0) is 0 Å². The molecule has 0 aliphatic rings. The molecule has 0 amide bonds. The third-order valence-electron chi connectivity index (χ3n) is 3.49. The molecule has 3 rings (SSSR count). The van der Waals surface area contributed by atoms with Crippen molar-refractivity contribution in [2.24, 2.45) is 10.2 Å². The van der Waals surface area contributed by atoms with Crippen molar-refractivity contribution in [1.29, 1.82) is 0 Å². The molecule has 2 aromatic carbocycles. The van der Waals surface area contributed by atoms with E-state index < -0.39 is 5.82 Å². The van der Waals surface area contributed by atoms with Gasteiger partial charge < -0.3 is 10.1 Å². The molecule has 2 N–H and O–H groups in total. The van der Waals surface area contributed by atoms with E-state index in [1.807, 2.05) is 32.0 Å². The standard InChI is InChI=1S/C16H14FN3O/c1-9-6-7-11(8-10(9)2)19-20-15-12-4-3-5-13(17)14(12)18-16(15)21/h3-8,18,21H,1-2H3. The molecular formula is C16H14FN3O. The zero-order chi connectivity index (χ0) is 15.0. The summed E-state index contributed by atoms with van der Waals surface area (Å²) in [5.74, 6) is -0.627. The maximum Gasteiger partial charge on any atom is 0.218 e. The summed E-state index contributed by atoms with van der Waals surface area (Å²) in [7, 11) is 0. The van der Waals surface area contributed by atoms with Crippen molar-refractivity contribution in [3.63, 3.8) is 0 Å². The van der Waals surface area contributed by atoms with Crippen molar-refractivity contribution in [3.05, 3.63) is 53.3 Å². The van der Waals surface area contributed by atoms with Crippen LogP contribution >= 0.6 is 0 Å². The SMILES string of the molecule is Cc1ccc(N=Nc2c(O)[nH]c3c(F)cccc23)cc1C. The van der Waals surface area contributed by atoms with Crippen LogP contribution in [0.1, 0.15) is 11.1 Å². The Labute approximate surface area is 121 Å². The van der Waals surface area contributed by atoms with Crippen LogP contribution in [0.2, 0.25) is 0 Å². The summed E-state index contributed by atoms with van der Waals surface area (Å²) in [6, 6.07) is 10.3. The van der Waals surface area contributed by atoms with Gasteiger partial charge in [-0.15, -0.1) is 5.11 Å². The monoisotopic (exact) mass is 283 g/mol. The topological polar surface area (TPSA) is 60.7 Å². The highest BCUT2D eigenvalue weighted by Crippen LogP contribution is 2.37. The van der Waals surface area contributed by atoms with Crippen LogP contribution in [0.4, 0.5) is 15.8 Å². The first kappa shape index (κ1) is 13.3. The Morgan fingerprint density at radius 1 is 1.05 bits per heavy atom. The molecule has 0 saturated carbocycles. The van der Waals surface area contributed by atoms with E-state index in [0.29, 0.717) is 11.1 Å². The molecule has 0 aliphatic heterocycles. The van der Waals surface area contributed by atoms with Gasteiger partial charge in [-0.2, -0.15) is 5.11 Å². The minimum Gasteiger partial charge on any atom is -0.493 e. The first-order valence-electron chi connectivity index (χ1n) is 6.54. The summed E-state index contributed by atoms with van der Waals surface area (Å²) in [5, 5.41) is 18.5. The second-order valence-corrected chi connectivity index (χ2v) is 4.95. The summed E-state index contributed by atoms with van der Waals surface area (Å²) in [4.78, 5) is 2.58. The molecular weight excluding hydrogens is 269 g/mol. The number of hydrogen-bond acceptors (Lipinski definition) is 3. The lowest BCUT2D eigenvalue weighted by atomic mass is 10.1. The number of rotatable bonds is 2. The van der Waals surface area contributed by atoms with Crippen LogP contribution in [0.15, 0.2) is 46.6 Å². The van der Waals surface area contributed by atoms with Crippen molar-refractivity contribution in [3.8, 4) is 5.88 Å². The van der Waals surface area contributed by atoms with Crippen molar-refractivity contribution in [1.82, 2.24) is 4.98 Å². The molecule has 5 heteroatoms. The molecule has 106 valence electrons. The predicted molar refractivity (Wildman–Crippen MR) is 80.0 cm³/mol. The fourth-order valence-corrected chi connectivity index (χ4v) is 2.15. The molecule has 0 saturated heterocycles. The van der Waals surface area contributed by atoms with Gasteiger partial charge in [-0.05, 0) is 43.2 Å². The Kier molecular flexibility index (Phi) is 3.17. The quantitative estimate of drug-likeness (QED) is 0.635. The van der Waals surface area contributed by atoms with Crippen molar-refractivity contribution in [2.45, 2.75) is 13.8 Å². The van der Waals surface area contributed by atoms with Gasteiger partial charge in [0.2, 0.25) is 5.88 Å². The number of halogens is 1. The summed E-state index contributed by atoms with van der Waals surface area (Å²) in [6.45, 7) is 4.01. The van der Waals surface area contributed by atoms with E-state index in [2.05, 4.69) is 15.2 Å². The molecule has 1 heterocycles. The van der Waals surface area contributed by atoms with Crippen LogP contribution in [0.25, 0.3) is 10.9 Å². The van der Waals surface area contributed by atoms with E-state index in [1.54, 1.807) is 12.1 Å². The second kappa shape index (κ2) is 5.01. The van der Waals surface area contributed by atoms with E-state index in [9.17, 15) is 9.50 Å². The number of nitrogens with zero attached hydrogens (tertiary/aromatic N) is 2. The van der Waals surface area contributed by atoms with Crippen molar-refractivity contribution in [2.75, 3.05) is 0 Å². The number of nitrogens with one attached hydrogen (secondary N) is 1. The number of fused-ring (bicyclic) bond motifs is 1. The molecule has 0 unspecified atom stereocenters. The van der Waals surface area contributed by atoms with Crippen molar-refractivity contribution < 1.29 is 9.50 Å². The van der Waals surface area contributed by atoms with Crippen LogP contribution in [0.3, 0.4) is 0 Å². The van der Waals surface area contributed by atoms with Gasteiger partial charge in [-0.1, -0.05) is 18.2 Å². The van der Waals surface area contributed by atoms with Crippen LogP contribution in [0.5, 0.6) is 5.88 Å². The number of H-pyrrole nitrogens is 1. The van der Waals surface area contributed by atoms with E-state index >= 15 is 0 Å². The van der Waals surface area contributed by atoms with E-state index in [1.165, 1.54) is 11.6 Å². The predicted octanol–water partition coefficient (Wildman–Crippen LogP) is 5.04. The van der Waals surface area contributed by atoms with E-state index in [4.69, 9.17) is 0 Å². The summed E-state index contributed by atoms with van der Waals surface area (Å²) < 4.78 is 13.6. The Morgan fingerprint density at radius 3 is 2.62 bits per heavy atom. The van der Waals surface area contributed by atoms with Gasteiger partial charge >= 0.3 is 0 Å². The molecule has 3 aromatic rings. The normalized spacial score (nSPS) is 11.6. The minimum absolute atomic E-state index is 0.192. The minimum atomic E-state index is -0.435. The molecule has 0 bridgehead atoms. The summed E-state index contributed by atoms with van der Waals surface area (Å²) >= 11 is 0. The van der Waals surface area contributed by atoms with E-state index in [-0.39, 0.29) is 17.1 Å². The molecule has 0 spiro atoms. The number of aryl methyl sites for hydroxylation is 2. The molecule has 1 aromatic heterocycles. The second-order valence-electron chi connectivity index (χ2n) is 4.95. The maximum atomic E-state index is 13.6. The summed E-state index contributed by atoms with van der Waals surface area (Å²) in [5.41, 5.74) is 3.43. The number of azo groups is 1. The van der Waals surface area contributed by atoms with Gasteiger partial charge in [0.25, 0.3) is 0 Å². The van der Waals surface area contributed by atoms with Gasteiger partial charge in [-0.3, -0.25) is 0 Å². The highest BCUT2D eigenvalue weighted by molar-refractivity contribution is 5.94. The number of aromatic nitrogens is 1. The fraction of sp³-hybridized carbons (Fsp3) is 0.125. The maximum absolute atomic E-state index is 13.6. The average Bonchev–Trinajstić information content (AvgIpc) is 2.78. The number of aromatic hydroxyl groups is 1. The lowest BCUT2D eigenvalue weighted by Gasteiger charge is -1.99. The van der Waals surface area contributed by atoms with Gasteiger partial charge in [0.15, 0.2) is 5.69 Å². The number of aromatic amines is 1. The van der Waals surface area contributed by atoms with Gasteiger partial charge in [0.05, 0.1) is 11.2 Å². The first-order valence-corrected chi connectivity index (χ1v) is 6.54.